The van der Waals surface area contributed by atoms with Gasteiger partial charge in [-0.1, -0.05) is 50.6 Å². The molecular formula is C24H41N5O3S. The molecule has 186 valence electrons. The van der Waals surface area contributed by atoms with Gasteiger partial charge in [0, 0.05) is 6.54 Å². The Morgan fingerprint density at radius 3 is 2.21 bits per heavy atom. The summed E-state index contributed by atoms with van der Waals surface area (Å²) < 4.78 is 0. The number of carbonyl (C=O) groups is 3. The molecule has 0 heterocycles. The van der Waals surface area contributed by atoms with E-state index in [0.29, 0.717) is 38.1 Å². The van der Waals surface area contributed by atoms with Gasteiger partial charge in [0.15, 0.2) is 0 Å². The molecule has 1 aromatic rings. The number of thioether (sulfide) groups is 1. The Labute approximate surface area is 202 Å². The van der Waals surface area contributed by atoms with Crippen LogP contribution >= 0.6 is 11.8 Å². The van der Waals surface area contributed by atoms with Gasteiger partial charge in [-0.25, -0.2) is 0 Å². The Bertz CT molecular complexity index is 717. The van der Waals surface area contributed by atoms with Crippen LogP contribution in [0.5, 0.6) is 0 Å². The van der Waals surface area contributed by atoms with Crippen LogP contribution in [0.1, 0.15) is 51.5 Å². The van der Waals surface area contributed by atoms with Crippen molar-refractivity contribution < 1.29 is 14.4 Å². The SMILES string of the molecule is CSCC[C@H](NC(=O)[C@@H](N)CCCCN)C(=O)N[C@@H](CC(C)C)C(=O)NCc1ccccc1. The molecule has 0 bridgehead atoms. The first kappa shape index (κ1) is 28.9. The lowest BCUT2D eigenvalue weighted by molar-refractivity contribution is -0.132. The van der Waals surface area contributed by atoms with Crippen LogP contribution < -0.4 is 27.4 Å². The highest BCUT2D eigenvalue weighted by Gasteiger charge is 2.28. The largest absolute Gasteiger partial charge is 0.350 e. The van der Waals surface area contributed by atoms with Gasteiger partial charge in [-0.3, -0.25) is 14.4 Å². The molecule has 0 saturated heterocycles. The maximum Gasteiger partial charge on any atom is 0.243 e. The molecule has 0 saturated carbocycles. The molecule has 1 rings (SSSR count). The van der Waals surface area contributed by atoms with Crippen molar-refractivity contribution in [1.29, 1.82) is 0 Å². The molecule has 1 aromatic carbocycles. The number of benzene rings is 1. The minimum atomic E-state index is -0.748. The second kappa shape index (κ2) is 16.5. The Hall–Kier alpha value is -2.10. The molecule has 0 radical (unpaired) electrons. The summed E-state index contributed by atoms with van der Waals surface area (Å²) in [4.78, 5) is 38.5. The summed E-state index contributed by atoms with van der Waals surface area (Å²) in [6.45, 7) is 4.93. The molecule has 0 fully saturated rings. The Morgan fingerprint density at radius 1 is 0.939 bits per heavy atom. The topological polar surface area (TPSA) is 139 Å². The van der Waals surface area contributed by atoms with Gasteiger partial charge in [0.25, 0.3) is 0 Å². The smallest absolute Gasteiger partial charge is 0.243 e. The maximum atomic E-state index is 13.1. The third-order valence-corrected chi connectivity index (χ3v) is 5.84. The number of hydrogen-bond acceptors (Lipinski definition) is 6. The fourth-order valence-corrected chi connectivity index (χ4v) is 3.78. The van der Waals surface area contributed by atoms with Gasteiger partial charge in [-0.2, -0.15) is 11.8 Å². The third kappa shape index (κ3) is 12.1. The van der Waals surface area contributed by atoms with Crippen LogP contribution in [-0.2, 0) is 20.9 Å². The van der Waals surface area contributed by atoms with E-state index in [-0.39, 0.29) is 23.6 Å². The van der Waals surface area contributed by atoms with Crippen molar-refractivity contribution in [3.63, 3.8) is 0 Å². The van der Waals surface area contributed by atoms with Crippen LogP contribution in [0.4, 0.5) is 0 Å². The normalized spacial score (nSPS) is 13.8. The molecule has 3 amide bonds. The highest BCUT2D eigenvalue weighted by atomic mass is 32.2. The Kier molecular flexibility index (Phi) is 14.5. The van der Waals surface area contributed by atoms with Gasteiger partial charge >= 0.3 is 0 Å². The second-order valence-corrected chi connectivity index (χ2v) is 9.61. The second-order valence-electron chi connectivity index (χ2n) is 8.63. The summed E-state index contributed by atoms with van der Waals surface area (Å²) in [5.41, 5.74) is 12.5. The van der Waals surface area contributed by atoms with E-state index in [1.807, 2.05) is 50.4 Å². The van der Waals surface area contributed by atoms with E-state index in [1.54, 1.807) is 11.8 Å². The van der Waals surface area contributed by atoms with Crippen LogP contribution in [0.15, 0.2) is 30.3 Å². The molecule has 3 atom stereocenters. The van der Waals surface area contributed by atoms with E-state index in [0.717, 1.165) is 18.4 Å². The fraction of sp³-hybridized carbons (Fsp3) is 0.625. The quantitative estimate of drug-likeness (QED) is 0.228. The number of nitrogens with one attached hydrogen (secondary N) is 3. The molecule has 0 aromatic heterocycles. The molecule has 0 aliphatic rings. The highest BCUT2D eigenvalue weighted by molar-refractivity contribution is 7.98. The minimum Gasteiger partial charge on any atom is -0.350 e. The number of hydrogen-bond donors (Lipinski definition) is 5. The first-order valence-electron chi connectivity index (χ1n) is 11.6. The first-order valence-corrected chi connectivity index (χ1v) is 13.0. The van der Waals surface area contributed by atoms with Crippen LogP contribution in [0, 0.1) is 5.92 Å². The number of amides is 3. The monoisotopic (exact) mass is 479 g/mol. The Morgan fingerprint density at radius 2 is 1.61 bits per heavy atom. The van der Waals surface area contributed by atoms with Crippen LogP contribution in [0.25, 0.3) is 0 Å². The van der Waals surface area contributed by atoms with Crippen molar-refractivity contribution in [2.75, 3.05) is 18.6 Å². The van der Waals surface area contributed by atoms with Gasteiger partial charge in [-0.05, 0) is 55.7 Å². The highest BCUT2D eigenvalue weighted by Crippen LogP contribution is 2.09. The van der Waals surface area contributed by atoms with Crippen LogP contribution in [-0.4, -0.2) is 54.4 Å². The van der Waals surface area contributed by atoms with Crippen molar-refractivity contribution in [3.05, 3.63) is 35.9 Å². The molecule has 0 spiro atoms. The summed E-state index contributed by atoms with van der Waals surface area (Å²) >= 11 is 1.59. The zero-order valence-electron chi connectivity index (χ0n) is 20.1. The van der Waals surface area contributed by atoms with Crippen molar-refractivity contribution in [2.24, 2.45) is 17.4 Å². The zero-order valence-corrected chi connectivity index (χ0v) is 21.0. The average molecular weight is 480 g/mol. The maximum absolute atomic E-state index is 13.1. The molecule has 7 N–H and O–H groups in total. The average Bonchev–Trinajstić information content (AvgIpc) is 2.79. The van der Waals surface area contributed by atoms with Crippen LogP contribution in [0.3, 0.4) is 0 Å². The molecule has 0 aliphatic carbocycles. The van der Waals surface area contributed by atoms with Crippen molar-refractivity contribution in [1.82, 2.24) is 16.0 Å². The Balaban J connectivity index is 2.78. The van der Waals surface area contributed by atoms with Crippen molar-refractivity contribution in [3.8, 4) is 0 Å². The predicted molar refractivity (Wildman–Crippen MR) is 135 cm³/mol. The van der Waals surface area contributed by atoms with E-state index in [4.69, 9.17) is 11.5 Å². The van der Waals surface area contributed by atoms with E-state index in [2.05, 4.69) is 16.0 Å². The van der Waals surface area contributed by atoms with E-state index in [9.17, 15) is 14.4 Å². The lowest BCUT2D eigenvalue weighted by Gasteiger charge is -2.25. The first-order chi connectivity index (χ1) is 15.8. The number of nitrogens with two attached hydrogens (primary N) is 2. The van der Waals surface area contributed by atoms with Crippen molar-refractivity contribution >= 4 is 29.5 Å². The number of carbonyl (C=O) groups excluding carboxylic acids is 3. The van der Waals surface area contributed by atoms with Gasteiger partial charge in [0.1, 0.15) is 12.1 Å². The summed E-state index contributed by atoms with van der Waals surface area (Å²) in [6, 6.07) is 7.48. The number of unbranched alkanes of at least 4 members (excludes halogenated alkanes) is 1. The standard InChI is InChI=1S/C24H41N5O3S/c1-17(2)15-21(23(31)27-16-18-9-5-4-6-10-18)29-24(32)20(12-14-33-3)28-22(30)19(26)11-7-8-13-25/h4-6,9-10,17,19-21H,7-8,11-16,25-26H2,1-3H3,(H,27,31)(H,28,30)(H,29,32)/t19-,20-,21-/m0/s1. The van der Waals surface area contributed by atoms with Crippen LogP contribution in [0.2, 0.25) is 0 Å². The fourth-order valence-electron chi connectivity index (χ4n) is 3.31. The van der Waals surface area contributed by atoms with E-state index < -0.39 is 18.1 Å². The van der Waals surface area contributed by atoms with Gasteiger partial charge in [0.05, 0.1) is 6.04 Å². The minimum absolute atomic E-state index is 0.202. The molecule has 8 nitrogen and oxygen atoms in total. The molecular weight excluding hydrogens is 438 g/mol. The molecule has 0 aliphatic heterocycles. The van der Waals surface area contributed by atoms with E-state index >= 15 is 0 Å². The molecule has 33 heavy (non-hydrogen) atoms. The van der Waals surface area contributed by atoms with E-state index in [1.165, 1.54) is 0 Å². The zero-order chi connectivity index (χ0) is 24.6. The summed E-state index contributed by atoms with van der Waals surface area (Å²) in [6.07, 6.45) is 4.95. The van der Waals surface area contributed by atoms with Gasteiger partial charge in [-0.15, -0.1) is 0 Å². The number of rotatable bonds is 16. The summed E-state index contributed by atoms with van der Waals surface area (Å²) in [7, 11) is 0. The molecule has 0 unspecified atom stereocenters. The van der Waals surface area contributed by atoms with Gasteiger partial charge in [0.2, 0.25) is 17.7 Å². The van der Waals surface area contributed by atoms with Gasteiger partial charge < -0.3 is 27.4 Å². The summed E-state index contributed by atoms with van der Waals surface area (Å²) in [5.74, 6) is -0.0767. The summed E-state index contributed by atoms with van der Waals surface area (Å²) in [5, 5.41) is 8.54. The lowest BCUT2D eigenvalue weighted by Crippen LogP contribution is -2.56. The third-order valence-electron chi connectivity index (χ3n) is 5.20. The molecule has 9 heteroatoms. The van der Waals surface area contributed by atoms with Crippen molar-refractivity contribution in [2.45, 2.75) is 70.6 Å². The predicted octanol–water partition coefficient (Wildman–Crippen LogP) is 1.53. The lowest BCUT2D eigenvalue weighted by atomic mass is 10.0.